The molecule has 1 fully saturated rings. The van der Waals surface area contributed by atoms with Gasteiger partial charge in [0.05, 0.1) is 17.9 Å². The van der Waals surface area contributed by atoms with Crippen LogP contribution >= 0.6 is 0 Å². The Kier molecular flexibility index (Phi) is 8.68. The number of likely N-dealkylation sites (N-methyl/N-ethyl adjacent to an activating group) is 1. The average molecular weight is 584 g/mol. The number of nitrogen functional groups attached to an aromatic ring is 1. The van der Waals surface area contributed by atoms with Crippen molar-refractivity contribution in [3.8, 4) is 11.1 Å². The third-order valence-corrected chi connectivity index (χ3v) is 8.35. The monoisotopic (exact) mass is 583 g/mol. The number of carbonyl (C=O) groups is 2. The normalized spacial score (nSPS) is 14.7. The lowest BCUT2D eigenvalue weighted by Gasteiger charge is -2.39. The predicted octanol–water partition coefficient (Wildman–Crippen LogP) is 5.99. The van der Waals surface area contributed by atoms with Crippen LogP contribution in [0.1, 0.15) is 10.4 Å². The van der Waals surface area contributed by atoms with Gasteiger partial charge in [0, 0.05) is 37.4 Å². The first kappa shape index (κ1) is 29.1. The van der Waals surface area contributed by atoms with Gasteiger partial charge in [-0.3, -0.25) is 14.5 Å². The zero-order chi connectivity index (χ0) is 30.5. The molecule has 1 unspecified atom stereocenters. The number of carbonyl (C=O) groups excluding carboxylic acids is 2. The summed E-state index contributed by atoms with van der Waals surface area (Å²) in [5.41, 5.74) is 10.9. The van der Waals surface area contributed by atoms with Gasteiger partial charge in [-0.15, -0.1) is 0 Å². The van der Waals surface area contributed by atoms with Gasteiger partial charge in [-0.1, -0.05) is 84.9 Å². The first-order valence-electron chi connectivity index (χ1n) is 15.0. The van der Waals surface area contributed by atoms with Gasteiger partial charge in [-0.05, 0) is 65.3 Å². The fourth-order valence-corrected chi connectivity index (χ4v) is 5.78. The van der Waals surface area contributed by atoms with Crippen LogP contribution in [0.4, 0.5) is 17.1 Å². The molecule has 1 aliphatic rings. The summed E-state index contributed by atoms with van der Waals surface area (Å²) in [4.78, 5) is 34.6. The lowest BCUT2D eigenvalue weighted by Crippen LogP contribution is -2.57. The lowest BCUT2D eigenvalue weighted by atomic mass is 10.0. The fraction of sp³-hybridized carbons (Fsp3) is 0.189. The molecule has 5 aromatic carbocycles. The number of nitrogens with zero attached hydrogens (tertiary/aromatic N) is 3. The molecule has 7 nitrogen and oxygen atoms in total. The van der Waals surface area contributed by atoms with E-state index in [9.17, 15) is 9.59 Å². The van der Waals surface area contributed by atoms with Crippen LogP contribution in [0.2, 0.25) is 0 Å². The van der Waals surface area contributed by atoms with Crippen molar-refractivity contribution < 1.29 is 9.59 Å². The first-order valence-corrected chi connectivity index (χ1v) is 15.0. The summed E-state index contributed by atoms with van der Waals surface area (Å²) in [5.74, 6) is -0.367. The molecule has 0 spiro atoms. The Labute approximate surface area is 258 Å². The summed E-state index contributed by atoms with van der Waals surface area (Å²) < 4.78 is 0. The highest BCUT2D eigenvalue weighted by molar-refractivity contribution is 6.09. The smallest absolute Gasteiger partial charge is 0.258 e. The zero-order valence-corrected chi connectivity index (χ0v) is 24.9. The summed E-state index contributed by atoms with van der Waals surface area (Å²) in [6, 6.07) is 38.3. The maximum Gasteiger partial charge on any atom is 0.258 e. The van der Waals surface area contributed by atoms with Crippen LogP contribution in [-0.2, 0) is 4.79 Å². The van der Waals surface area contributed by atoms with E-state index in [2.05, 4.69) is 28.2 Å². The van der Waals surface area contributed by atoms with E-state index in [1.807, 2.05) is 103 Å². The molecule has 1 atom stereocenters. The molecule has 1 heterocycles. The van der Waals surface area contributed by atoms with Gasteiger partial charge in [-0.25, -0.2) is 0 Å². The Morgan fingerprint density at radius 1 is 0.750 bits per heavy atom. The van der Waals surface area contributed by atoms with E-state index >= 15 is 0 Å². The van der Waals surface area contributed by atoms with Crippen LogP contribution in [0.5, 0.6) is 0 Å². The highest BCUT2D eigenvalue weighted by Gasteiger charge is 2.33. The van der Waals surface area contributed by atoms with Gasteiger partial charge < -0.3 is 20.9 Å². The van der Waals surface area contributed by atoms with Crippen molar-refractivity contribution in [1.29, 1.82) is 0 Å². The fourth-order valence-electron chi connectivity index (χ4n) is 5.78. The molecule has 3 N–H and O–H groups in total. The molecule has 222 valence electrons. The number of hydrogen-bond acceptors (Lipinski definition) is 5. The van der Waals surface area contributed by atoms with E-state index in [1.165, 1.54) is 0 Å². The third-order valence-electron chi connectivity index (χ3n) is 8.35. The number of hydrogen-bond donors (Lipinski definition) is 2. The van der Waals surface area contributed by atoms with Gasteiger partial charge in [0.25, 0.3) is 5.91 Å². The van der Waals surface area contributed by atoms with E-state index in [1.54, 1.807) is 17.0 Å². The maximum absolute atomic E-state index is 14.3. The van der Waals surface area contributed by atoms with Crippen molar-refractivity contribution in [2.75, 3.05) is 55.7 Å². The predicted molar refractivity (Wildman–Crippen MR) is 180 cm³/mol. The standard InChI is InChI=1S/C37H37N5O2/c1-40-20-22-41(23-21-40)35(36(43)39-32-18-16-28-12-8-9-15-30(28)24-32)26-42(37(44)29-13-6-3-7-14-29)34-25-31(17-19-33(34)38)27-10-4-2-5-11-27/h2-19,24-25,35H,20-23,26,38H2,1H3,(H,39,43). The first-order chi connectivity index (χ1) is 21.5. The van der Waals surface area contributed by atoms with Crippen molar-refractivity contribution in [2.24, 2.45) is 0 Å². The molecule has 1 aliphatic heterocycles. The van der Waals surface area contributed by atoms with E-state index in [0.29, 0.717) is 30.0 Å². The molecule has 0 aromatic heterocycles. The Balaban J connectivity index is 1.38. The molecule has 44 heavy (non-hydrogen) atoms. The summed E-state index contributed by atoms with van der Waals surface area (Å²) in [5, 5.41) is 5.32. The molecular weight excluding hydrogens is 546 g/mol. The largest absolute Gasteiger partial charge is 0.397 e. The number of rotatable bonds is 8. The summed E-state index contributed by atoms with van der Waals surface area (Å²) in [7, 11) is 2.09. The minimum absolute atomic E-state index is 0.138. The number of fused-ring (bicyclic) bond motifs is 1. The summed E-state index contributed by atoms with van der Waals surface area (Å²) in [6.45, 7) is 3.22. The zero-order valence-electron chi connectivity index (χ0n) is 24.9. The van der Waals surface area contributed by atoms with Crippen molar-refractivity contribution in [3.05, 3.63) is 127 Å². The van der Waals surface area contributed by atoms with Gasteiger partial charge in [-0.2, -0.15) is 0 Å². The molecule has 1 saturated heterocycles. The van der Waals surface area contributed by atoms with Crippen molar-refractivity contribution in [3.63, 3.8) is 0 Å². The van der Waals surface area contributed by atoms with Gasteiger partial charge in [0.15, 0.2) is 0 Å². The second kappa shape index (κ2) is 13.1. The van der Waals surface area contributed by atoms with Crippen LogP contribution in [-0.4, -0.2) is 67.4 Å². The number of nitrogens with one attached hydrogen (secondary N) is 1. The molecule has 5 aromatic rings. The van der Waals surface area contributed by atoms with Gasteiger partial charge in [0.2, 0.25) is 5.91 Å². The SMILES string of the molecule is CN1CCN(C(CN(C(=O)c2ccccc2)c2cc(-c3ccccc3)ccc2N)C(=O)Nc2ccc3ccccc3c2)CC1. The van der Waals surface area contributed by atoms with E-state index in [-0.39, 0.29) is 18.4 Å². The van der Waals surface area contributed by atoms with Crippen LogP contribution in [0, 0.1) is 0 Å². The van der Waals surface area contributed by atoms with Crippen LogP contribution in [0.3, 0.4) is 0 Å². The Hall–Kier alpha value is -4.98. The van der Waals surface area contributed by atoms with Crippen LogP contribution < -0.4 is 16.0 Å². The van der Waals surface area contributed by atoms with Crippen LogP contribution in [0.15, 0.2) is 121 Å². The number of piperazine rings is 1. The quantitative estimate of drug-likeness (QED) is 0.219. The van der Waals surface area contributed by atoms with Gasteiger partial charge >= 0.3 is 0 Å². The topological polar surface area (TPSA) is 81.9 Å². The van der Waals surface area contributed by atoms with Crippen molar-refractivity contribution in [1.82, 2.24) is 9.80 Å². The molecule has 0 saturated carbocycles. The number of nitrogens with two attached hydrogens (primary N) is 1. The second-order valence-electron chi connectivity index (χ2n) is 11.3. The van der Waals surface area contributed by atoms with E-state index in [0.717, 1.165) is 40.7 Å². The number of amides is 2. The van der Waals surface area contributed by atoms with Crippen molar-refractivity contribution in [2.45, 2.75) is 6.04 Å². The maximum atomic E-state index is 14.3. The molecule has 6 rings (SSSR count). The van der Waals surface area contributed by atoms with E-state index < -0.39 is 6.04 Å². The van der Waals surface area contributed by atoms with E-state index in [4.69, 9.17) is 5.73 Å². The van der Waals surface area contributed by atoms with Gasteiger partial charge in [0.1, 0.15) is 6.04 Å². The molecular formula is C37H37N5O2. The summed E-state index contributed by atoms with van der Waals surface area (Å²) in [6.07, 6.45) is 0. The molecule has 0 aliphatic carbocycles. The van der Waals surface area contributed by atoms with Crippen LogP contribution in [0.25, 0.3) is 21.9 Å². The molecule has 7 heteroatoms. The second-order valence-corrected chi connectivity index (χ2v) is 11.3. The number of benzene rings is 5. The van der Waals surface area contributed by atoms with Crippen molar-refractivity contribution >= 4 is 39.6 Å². The Morgan fingerprint density at radius 2 is 1.41 bits per heavy atom. The minimum Gasteiger partial charge on any atom is -0.397 e. The molecule has 2 amide bonds. The number of anilines is 3. The summed E-state index contributed by atoms with van der Waals surface area (Å²) >= 11 is 0. The highest BCUT2D eigenvalue weighted by atomic mass is 16.2. The highest BCUT2D eigenvalue weighted by Crippen LogP contribution is 2.32. The average Bonchev–Trinajstić information content (AvgIpc) is 3.07. The Morgan fingerprint density at radius 3 is 2.14 bits per heavy atom. The Bertz CT molecular complexity index is 1750. The lowest BCUT2D eigenvalue weighted by molar-refractivity contribution is -0.121. The minimum atomic E-state index is -0.609. The molecule has 0 bridgehead atoms. The molecule has 0 radical (unpaired) electrons. The third kappa shape index (κ3) is 6.49.